The number of nitrogens with zero attached hydrogens (tertiary/aromatic N) is 2. The second kappa shape index (κ2) is 8.43. The zero-order valence-electron chi connectivity index (χ0n) is 17.9. The molecule has 3 heterocycles. The Balaban J connectivity index is 1.26. The van der Waals surface area contributed by atoms with E-state index in [0.29, 0.717) is 47.4 Å². The molecule has 2 aliphatic heterocycles. The maximum absolute atomic E-state index is 12.8. The Morgan fingerprint density at radius 3 is 2.85 bits per heavy atom. The summed E-state index contributed by atoms with van der Waals surface area (Å²) < 4.78 is 6.69. The van der Waals surface area contributed by atoms with Gasteiger partial charge in [-0.3, -0.25) is 19.1 Å². The Labute approximate surface area is 192 Å². The minimum atomic E-state index is -0.453. The van der Waals surface area contributed by atoms with E-state index < -0.39 is 11.8 Å². The van der Waals surface area contributed by atoms with E-state index in [2.05, 4.69) is 10.3 Å². The van der Waals surface area contributed by atoms with Crippen molar-refractivity contribution in [2.45, 2.75) is 37.3 Å². The molecule has 1 saturated heterocycles. The molecule has 3 aromatic rings. The average Bonchev–Trinajstić information content (AvgIpc) is 3.16. The molecule has 0 unspecified atom stereocenters. The van der Waals surface area contributed by atoms with E-state index in [1.165, 1.54) is 21.2 Å². The summed E-state index contributed by atoms with van der Waals surface area (Å²) in [6.45, 7) is 2.44. The van der Waals surface area contributed by atoms with Crippen LogP contribution in [-0.2, 0) is 16.1 Å². The number of fused-ring (bicyclic) bond motifs is 2. The van der Waals surface area contributed by atoms with E-state index in [-0.39, 0.29) is 24.1 Å². The van der Waals surface area contributed by atoms with Gasteiger partial charge in [0.1, 0.15) is 6.10 Å². The van der Waals surface area contributed by atoms with Gasteiger partial charge in [-0.1, -0.05) is 12.1 Å². The van der Waals surface area contributed by atoms with Crippen LogP contribution in [0.15, 0.2) is 50.9 Å². The number of rotatable bonds is 5. The van der Waals surface area contributed by atoms with Crippen LogP contribution in [0, 0.1) is 6.92 Å². The molecule has 1 aromatic heterocycles. The van der Waals surface area contributed by atoms with Crippen molar-refractivity contribution < 1.29 is 14.3 Å². The number of para-hydroxylation sites is 1. The predicted molar refractivity (Wildman–Crippen MR) is 126 cm³/mol. The van der Waals surface area contributed by atoms with E-state index >= 15 is 0 Å². The summed E-state index contributed by atoms with van der Waals surface area (Å²) in [4.78, 5) is 54.6. The first-order valence-electron chi connectivity index (χ1n) is 10.7. The van der Waals surface area contributed by atoms with Crippen LogP contribution in [0.1, 0.15) is 18.4 Å². The first-order chi connectivity index (χ1) is 15.9. The number of carbonyl (C=O) groups excluding carboxylic acids is 2. The third-order valence-corrected chi connectivity index (χ3v) is 6.99. The molecule has 33 heavy (non-hydrogen) atoms. The lowest BCUT2D eigenvalue weighted by Crippen LogP contribution is -2.35. The summed E-state index contributed by atoms with van der Waals surface area (Å²) in [5.74, 6) is 0.309. The molecule has 0 radical (unpaired) electrons. The van der Waals surface area contributed by atoms with Gasteiger partial charge in [0.25, 0.3) is 5.56 Å². The molecule has 2 aromatic carbocycles. The summed E-state index contributed by atoms with van der Waals surface area (Å²) in [7, 11) is 0. The molecule has 1 atom stereocenters. The number of thioether (sulfide) groups is 1. The Morgan fingerprint density at radius 1 is 1.15 bits per heavy atom. The highest BCUT2D eigenvalue weighted by Crippen LogP contribution is 2.35. The largest absolute Gasteiger partial charge is 0.444 e. The molecular formula is C23H22N4O5S. The highest BCUT2D eigenvalue weighted by atomic mass is 32.2. The minimum Gasteiger partial charge on any atom is -0.444 e. The summed E-state index contributed by atoms with van der Waals surface area (Å²) in [6.07, 6.45) is 0.210. The first-order valence-corrected chi connectivity index (χ1v) is 11.7. The van der Waals surface area contributed by atoms with Crippen LogP contribution in [0.3, 0.4) is 0 Å². The van der Waals surface area contributed by atoms with Crippen LogP contribution >= 0.6 is 11.8 Å². The summed E-state index contributed by atoms with van der Waals surface area (Å²) in [5.41, 5.74) is 1.98. The number of H-pyrrole nitrogens is 1. The highest BCUT2D eigenvalue weighted by molar-refractivity contribution is 8.00. The quantitative estimate of drug-likeness (QED) is 0.598. The number of aromatic nitrogens is 2. The lowest BCUT2D eigenvalue weighted by Gasteiger charge is -2.20. The van der Waals surface area contributed by atoms with Gasteiger partial charge in [0.2, 0.25) is 5.91 Å². The van der Waals surface area contributed by atoms with Crippen molar-refractivity contribution in [3.63, 3.8) is 0 Å². The third kappa shape index (κ3) is 4.02. The predicted octanol–water partition coefficient (Wildman–Crippen LogP) is 2.85. The minimum absolute atomic E-state index is 0.0689. The summed E-state index contributed by atoms with van der Waals surface area (Å²) >= 11 is 1.46. The number of ether oxygens (including phenoxy) is 1. The Morgan fingerprint density at radius 2 is 2.00 bits per heavy atom. The highest BCUT2D eigenvalue weighted by Gasteiger charge is 2.32. The summed E-state index contributed by atoms with van der Waals surface area (Å²) in [6, 6.07) is 10.8. The van der Waals surface area contributed by atoms with E-state index in [9.17, 15) is 19.2 Å². The van der Waals surface area contributed by atoms with Crippen molar-refractivity contribution in [2.75, 3.05) is 22.5 Å². The number of aromatic amines is 1. The van der Waals surface area contributed by atoms with E-state index in [0.717, 1.165) is 10.5 Å². The molecule has 0 saturated carbocycles. The molecule has 5 rings (SSSR count). The maximum Gasteiger partial charge on any atom is 0.414 e. The van der Waals surface area contributed by atoms with Crippen molar-refractivity contribution >= 4 is 46.0 Å². The molecule has 2 N–H and O–H groups in total. The van der Waals surface area contributed by atoms with E-state index in [4.69, 9.17) is 4.74 Å². The topological polar surface area (TPSA) is 114 Å². The normalized spacial score (nSPS) is 17.7. The second-order valence-corrected chi connectivity index (χ2v) is 9.18. The fourth-order valence-corrected chi connectivity index (χ4v) is 5.01. The molecular weight excluding hydrogens is 444 g/mol. The molecule has 0 spiro atoms. The van der Waals surface area contributed by atoms with Crippen LogP contribution in [0.25, 0.3) is 10.9 Å². The van der Waals surface area contributed by atoms with Gasteiger partial charge in [-0.25, -0.2) is 9.59 Å². The van der Waals surface area contributed by atoms with Gasteiger partial charge in [0.05, 0.1) is 28.9 Å². The van der Waals surface area contributed by atoms with Gasteiger partial charge in [-0.2, -0.15) is 0 Å². The molecule has 1 fully saturated rings. The molecule has 10 heteroatoms. The lowest BCUT2D eigenvalue weighted by atomic mass is 10.1. The second-order valence-electron chi connectivity index (χ2n) is 8.16. The van der Waals surface area contributed by atoms with Crippen molar-refractivity contribution in [1.82, 2.24) is 9.55 Å². The monoisotopic (exact) mass is 466 g/mol. The number of aryl methyl sites for hydroxylation is 1. The van der Waals surface area contributed by atoms with Crippen LogP contribution in [0.5, 0.6) is 0 Å². The maximum atomic E-state index is 12.8. The smallest absolute Gasteiger partial charge is 0.414 e. The van der Waals surface area contributed by atoms with Crippen molar-refractivity contribution in [1.29, 1.82) is 0 Å². The van der Waals surface area contributed by atoms with Gasteiger partial charge >= 0.3 is 11.8 Å². The Hall–Kier alpha value is -3.53. The van der Waals surface area contributed by atoms with Crippen LogP contribution in [0.2, 0.25) is 0 Å². The fourth-order valence-electron chi connectivity index (χ4n) is 4.23. The number of anilines is 2. The first kappa shape index (κ1) is 21.3. The van der Waals surface area contributed by atoms with Crippen LogP contribution in [-0.4, -0.2) is 40.0 Å². The number of carbonyl (C=O) groups is 2. The Bertz CT molecular complexity index is 1400. The summed E-state index contributed by atoms with van der Waals surface area (Å²) in [5, 5.41) is 3.30. The van der Waals surface area contributed by atoms with Crippen molar-refractivity contribution in [3.05, 3.63) is 62.8 Å². The number of hydrogen-bond donors (Lipinski definition) is 2. The van der Waals surface area contributed by atoms with Gasteiger partial charge in [-0.15, -0.1) is 11.8 Å². The zero-order valence-corrected chi connectivity index (χ0v) is 18.7. The van der Waals surface area contributed by atoms with E-state index in [1.54, 1.807) is 18.2 Å². The average molecular weight is 467 g/mol. The van der Waals surface area contributed by atoms with E-state index in [1.807, 2.05) is 25.1 Å². The van der Waals surface area contributed by atoms with Crippen molar-refractivity contribution in [3.8, 4) is 0 Å². The fraction of sp³-hybridized carbons (Fsp3) is 0.304. The SMILES string of the molecule is Cc1cccc2c(=O)n(CCC[C@H]3CN(c4ccc5c(c4)NC(=O)CS5)C(=O)O3)c(=O)[nH]c12. The standard InChI is InChI=1S/C23H22N4O5S/c1-13-4-2-6-16-20(13)25-22(30)26(21(16)29)9-3-5-15-11-27(23(31)32-15)14-7-8-18-17(10-14)24-19(28)12-33-18/h2,4,6-8,10,15H,3,5,9,11-12H2,1H3,(H,24,28)(H,25,30)/t15-/m0/s1. The van der Waals surface area contributed by atoms with Gasteiger partial charge in [-0.05, 0) is 49.6 Å². The number of hydrogen-bond acceptors (Lipinski definition) is 6. The van der Waals surface area contributed by atoms with Gasteiger partial charge < -0.3 is 15.0 Å². The third-order valence-electron chi connectivity index (χ3n) is 5.92. The lowest BCUT2D eigenvalue weighted by molar-refractivity contribution is -0.113. The van der Waals surface area contributed by atoms with Crippen LogP contribution < -0.4 is 21.5 Å². The molecule has 2 aliphatic rings. The molecule has 0 bridgehead atoms. The molecule has 170 valence electrons. The van der Waals surface area contributed by atoms with Crippen molar-refractivity contribution in [2.24, 2.45) is 0 Å². The number of amides is 2. The molecule has 0 aliphatic carbocycles. The number of benzene rings is 2. The number of cyclic esters (lactones) is 1. The molecule has 2 amide bonds. The Kier molecular flexibility index (Phi) is 5.45. The van der Waals surface area contributed by atoms with Gasteiger partial charge in [0.15, 0.2) is 0 Å². The zero-order chi connectivity index (χ0) is 23.1. The van der Waals surface area contributed by atoms with Crippen LogP contribution in [0.4, 0.5) is 16.2 Å². The number of nitrogens with one attached hydrogen (secondary N) is 2. The molecule has 9 nitrogen and oxygen atoms in total. The van der Waals surface area contributed by atoms with Gasteiger partial charge in [0, 0.05) is 17.1 Å².